The van der Waals surface area contributed by atoms with E-state index in [9.17, 15) is 9.65 Å². The number of hydrogen-bond donors (Lipinski definition) is 1. The van der Waals surface area contributed by atoms with Gasteiger partial charge in [0.15, 0.2) is 0 Å². The summed E-state index contributed by atoms with van der Waals surface area (Å²) in [5.74, 6) is 0.170. The van der Waals surface area contributed by atoms with Gasteiger partial charge in [-0.05, 0) is 49.4 Å². The summed E-state index contributed by atoms with van der Waals surface area (Å²) in [5.41, 5.74) is 3.07. The molecule has 1 N–H and O–H groups in total. The first kappa shape index (κ1) is 13.1. The van der Waals surface area contributed by atoms with E-state index >= 15 is 0 Å². The number of rotatable bonds is 2. The standard InChI is InChI=1S/C17H12FN3/c1-11-2-7-16-12(8-11)9-13(10-19)17(21-16)20-15-5-3-14(18)4-6-15/h2-9H,1H3,(H,20,21). The van der Waals surface area contributed by atoms with Crippen molar-refractivity contribution in [2.24, 2.45) is 0 Å². The summed E-state index contributed by atoms with van der Waals surface area (Å²) in [6.07, 6.45) is 0. The summed E-state index contributed by atoms with van der Waals surface area (Å²) in [6, 6.07) is 15.8. The lowest BCUT2D eigenvalue weighted by Gasteiger charge is -2.09. The summed E-state index contributed by atoms with van der Waals surface area (Å²) in [7, 11) is 0. The number of anilines is 2. The zero-order valence-corrected chi connectivity index (χ0v) is 11.4. The summed E-state index contributed by atoms with van der Waals surface area (Å²) in [4.78, 5) is 4.48. The topological polar surface area (TPSA) is 48.7 Å². The van der Waals surface area contributed by atoms with Crippen molar-refractivity contribution in [2.45, 2.75) is 6.92 Å². The van der Waals surface area contributed by atoms with E-state index in [1.807, 2.05) is 25.1 Å². The van der Waals surface area contributed by atoms with E-state index in [1.165, 1.54) is 12.1 Å². The lowest BCUT2D eigenvalue weighted by Crippen LogP contribution is -1.98. The molecule has 0 aliphatic carbocycles. The Hall–Kier alpha value is -2.93. The predicted molar refractivity (Wildman–Crippen MR) is 80.9 cm³/mol. The predicted octanol–water partition coefficient (Wildman–Crippen LogP) is 4.30. The molecule has 0 spiro atoms. The SMILES string of the molecule is Cc1ccc2nc(Nc3ccc(F)cc3)c(C#N)cc2c1. The fraction of sp³-hybridized carbons (Fsp3) is 0.0588. The van der Waals surface area contributed by atoms with Crippen LogP contribution in [0.25, 0.3) is 10.9 Å². The number of halogens is 1. The van der Waals surface area contributed by atoms with Crippen molar-refractivity contribution in [3.05, 3.63) is 65.5 Å². The molecule has 0 saturated heterocycles. The molecular formula is C17H12FN3. The van der Waals surface area contributed by atoms with Crippen LogP contribution in [0.4, 0.5) is 15.9 Å². The highest BCUT2D eigenvalue weighted by molar-refractivity contribution is 5.84. The molecule has 0 aliphatic heterocycles. The Morgan fingerprint density at radius 1 is 1.10 bits per heavy atom. The van der Waals surface area contributed by atoms with Gasteiger partial charge in [-0.15, -0.1) is 0 Å². The molecule has 0 saturated carbocycles. The van der Waals surface area contributed by atoms with E-state index in [2.05, 4.69) is 16.4 Å². The molecule has 0 radical (unpaired) electrons. The van der Waals surface area contributed by atoms with Gasteiger partial charge in [-0.25, -0.2) is 9.37 Å². The Balaban J connectivity index is 2.07. The van der Waals surface area contributed by atoms with Gasteiger partial charge in [0.2, 0.25) is 0 Å². The Morgan fingerprint density at radius 3 is 2.57 bits per heavy atom. The van der Waals surface area contributed by atoms with Crippen molar-refractivity contribution in [1.82, 2.24) is 4.98 Å². The second-order valence-corrected chi connectivity index (χ2v) is 4.82. The van der Waals surface area contributed by atoms with Gasteiger partial charge in [-0.2, -0.15) is 5.26 Å². The maximum Gasteiger partial charge on any atom is 0.149 e. The molecule has 102 valence electrons. The van der Waals surface area contributed by atoms with Crippen LogP contribution in [0.2, 0.25) is 0 Å². The number of benzene rings is 2. The molecule has 1 heterocycles. The first-order chi connectivity index (χ1) is 10.2. The van der Waals surface area contributed by atoms with Crippen molar-refractivity contribution >= 4 is 22.4 Å². The molecule has 0 bridgehead atoms. The highest BCUT2D eigenvalue weighted by atomic mass is 19.1. The zero-order chi connectivity index (χ0) is 14.8. The maximum atomic E-state index is 12.9. The molecule has 1 aromatic heterocycles. The lowest BCUT2D eigenvalue weighted by molar-refractivity contribution is 0.628. The van der Waals surface area contributed by atoms with E-state index in [-0.39, 0.29) is 5.82 Å². The Kier molecular flexibility index (Phi) is 3.25. The fourth-order valence-electron chi connectivity index (χ4n) is 2.15. The van der Waals surface area contributed by atoms with Crippen LogP contribution in [0.5, 0.6) is 0 Å². The quantitative estimate of drug-likeness (QED) is 0.759. The zero-order valence-electron chi connectivity index (χ0n) is 11.4. The molecule has 0 atom stereocenters. The second kappa shape index (κ2) is 5.22. The van der Waals surface area contributed by atoms with Crippen LogP contribution in [0.1, 0.15) is 11.1 Å². The summed E-state index contributed by atoms with van der Waals surface area (Å²) in [6.45, 7) is 2.00. The molecule has 3 aromatic rings. The van der Waals surface area contributed by atoms with Crippen LogP contribution in [0, 0.1) is 24.1 Å². The third kappa shape index (κ3) is 2.67. The highest BCUT2D eigenvalue weighted by Gasteiger charge is 2.07. The number of pyridine rings is 1. The van der Waals surface area contributed by atoms with Gasteiger partial charge >= 0.3 is 0 Å². The van der Waals surface area contributed by atoms with Crippen LogP contribution in [0.15, 0.2) is 48.5 Å². The highest BCUT2D eigenvalue weighted by Crippen LogP contribution is 2.24. The van der Waals surface area contributed by atoms with Gasteiger partial charge in [0.1, 0.15) is 17.7 Å². The number of nitriles is 1. The summed E-state index contributed by atoms with van der Waals surface area (Å²) < 4.78 is 12.9. The molecule has 0 amide bonds. The third-order valence-electron chi connectivity index (χ3n) is 3.20. The number of fused-ring (bicyclic) bond motifs is 1. The Labute approximate surface area is 121 Å². The average molecular weight is 277 g/mol. The second-order valence-electron chi connectivity index (χ2n) is 4.82. The van der Waals surface area contributed by atoms with Crippen molar-refractivity contribution in [1.29, 1.82) is 5.26 Å². The fourth-order valence-corrected chi connectivity index (χ4v) is 2.15. The van der Waals surface area contributed by atoms with Crippen LogP contribution in [-0.2, 0) is 0 Å². The van der Waals surface area contributed by atoms with Crippen molar-refractivity contribution in [3.63, 3.8) is 0 Å². The average Bonchev–Trinajstić information content (AvgIpc) is 2.49. The van der Waals surface area contributed by atoms with E-state index < -0.39 is 0 Å². The molecular weight excluding hydrogens is 265 g/mol. The number of aromatic nitrogens is 1. The molecule has 4 heteroatoms. The molecule has 0 fully saturated rings. The molecule has 0 unspecified atom stereocenters. The van der Waals surface area contributed by atoms with E-state index in [0.29, 0.717) is 17.1 Å². The molecule has 3 nitrogen and oxygen atoms in total. The van der Waals surface area contributed by atoms with Crippen LogP contribution in [-0.4, -0.2) is 4.98 Å². The lowest BCUT2D eigenvalue weighted by atomic mass is 10.1. The van der Waals surface area contributed by atoms with Crippen LogP contribution in [0.3, 0.4) is 0 Å². The molecule has 2 aromatic carbocycles. The Bertz CT molecular complexity index is 848. The number of aryl methyl sites for hydroxylation is 1. The van der Waals surface area contributed by atoms with Gasteiger partial charge in [0, 0.05) is 11.1 Å². The summed E-state index contributed by atoms with van der Waals surface area (Å²) in [5, 5.41) is 13.3. The van der Waals surface area contributed by atoms with E-state index in [1.54, 1.807) is 18.2 Å². The van der Waals surface area contributed by atoms with Crippen LogP contribution >= 0.6 is 0 Å². The maximum absolute atomic E-state index is 12.9. The minimum absolute atomic E-state index is 0.303. The number of nitrogens with one attached hydrogen (secondary N) is 1. The minimum atomic E-state index is -0.303. The largest absolute Gasteiger partial charge is 0.339 e. The summed E-state index contributed by atoms with van der Waals surface area (Å²) >= 11 is 0. The number of nitrogens with zero attached hydrogens (tertiary/aromatic N) is 2. The van der Waals surface area contributed by atoms with Crippen molar-refractivity contribution < 1.29 is 4.39 Å². The molecule has 21 heavy (non-hydrogen) atoms. The third-order valence-corrected chi connectivity index (χ3v) is 3.20. The molecule has 0 aliphatic rings. The normalized spacial score (nSPS) is 10.3. The van der Waals surface area contributed by atoms with Gasteiger partial charge in [-0.1, -0.05) is 11.6 Å². The minimum Gasteiger partial charge on any atom is -0.339 e. The smallest absolute Gasteiger partial charge is 0.149 e. The van der Waals surface area contributed by atoms with Gasteiger partial charge in [0.25, 0.3) is 0 Å². The van der Waals surface area contributed by atoms with E-state index in [4.69, 9.17) is 0 Å². The van der Waals surface area contributed by atoms with Gasteiger partial charge in [-0.3, -0.25) is 0 Å². The molecule has 3 rings (SSSR count). The van der Waals surface area contributed by atoms with E-state index in [0.717, 1.165) is 16.5 Å². The van der Waals surface area contributed by atoms with Crippen LogP contribution < -0.4 is 5.32 Å². The Morgan fingerprint density at radius 2 is 1.86 bits per heavy atom. The first-order valence-corrected chi connectivity index (χ1v) is 6.50. The van der Waals surface area contributed by atoms with Crippen molar-refractivity contribution in [2.75, 3.05) is 5.32 Å². The first-order valence-electron chi connectivity index (χ1n) is 6.50. The van der Waals surface area contributed by atoms with Crippen molar-refractivity contribution in [3.8, 4) is 6.07 Å². The van der Waals surface area contributed by atoms with Gasteiger partial charge < -0.3 is 5.32 Å². The number of hydrogen-bond acceptors (Lipinski definition) is 3. The monoisotopic (exact) mass is 277 g/mol. The van der Waals surface area contributed by atoms with Gasteiger partial charge in [0.05, 0.1) is 11.1 Å².